The fourth-order valence-electron chi connectivity index (χ4n) is 5.54. The van der Waals surface area contributed by atoms with E-state index in [9.17, 15) is 4.57 Å². The van der Waals surface area contributed by atoms with Gasteiger partial charge in [-0.05, 0) is 62.7 Å². The fourth-order valence-corrected chi connectivity index (χ4v) is 8.32. The third kappa shape index (κ3) is 3.04. The van der Waals surface area contributed by atoms with Crippen LogP contribution in [0.15, 0.2) is 0 Å². The van der Waals surface area contributed by atoms with Gasteiger partial charge in [0.25, 0.3) is 0 Å². The van der Waals surface area contributed by atoms with Gasteiger partial charge in [0.15, 0.2) is 0 Å². The molecule has 5 rings (SSSR count). The first kappa shape index (κ1) is 16.5. The van der Waals surface area contributed by atoms with E-state index >= 15 is 0 Å². The van der Waals surface area contributed by atoms with Crippen LogP contribution in [0.4, 0.5) is 0 Å². The minimum Gasteiger partial charge on any atom is -0.308 e. The lowest BCUT2D eigenvalue weighted by Gasteiger charge is -2.57. The molecule has 0 aromatic rings. The van der Waals surface area contributed by atoms with E-state index in [1.165, 1.54) is 19.3 Å². The van der Waals surface area contributed by atoms with E-state index in [0.717, 1.165) is 56.3 Å². The zero-order valence-corrected chi connectivity index (χ0v) is 15.0. The molecule has 5 nitrogen and oxygen atoms in total. The van der Waals surface area contributed by atoms with Crippen molar-refractivity contribution in [1.82, 2.24) is 0 Å². The number of hydrogen-bond donors (Lipinski definition) is 0. The molecule has 1 saturated heterocycles. The molecule has 4 bridgehead atoms. The zero-order chi connectivity index (χ0) is 15.9. The lowest BCUT2D eigenvalue weighted by atomic mass is 9.56. The molecule has 0 aromatic heterocycles. The molecule has 6 heteroatoms. The SMILES string of the molecule is CCCCCOP(=O)(OC1COO1)C12CC3CC(CC(C3)C1)C2. The Bertz CT molecular complexity index is 440. The lowest BCUT2D eigenvalue weighted by Crippen LogP contribution is -2.51. The smallest absolute Gasteiger partial charge is 0.308 e. The Morgan fingerprint density at radius 1 is 1.09 bits per heavy atom. The Morgan fingerprint density at radius 2 is 1.70 bits per heavy atom. The van der Waals surface area contributed by atoms with Gasteiger partial charge in [0.05, 0.1) is 11.8 Å². The second-order valence-corrected chi connectivity index (χ2v) is 10.5. The van der Waals surface area contributed by atoms with Crippen LogP contribution in [0.5, 0.6) is 0 Å². The van der Waals surface area contributed by atoms with Crippen molar-refractivity contribution in [3.05, 3.63) is 0 Å². The zero-order valence-electron chi connectivity index (χ0n) is 14.1. The first-order chi connectivity index (χ1) is 11.1. The van der Waals surface area contributed by atoms with Crippen LogP contribution < -0.4 is 0 Å². The second kappa shape index (κ2) is 6.42. The van der Waals surface area contributed by atoms with Crippen molar-refractivity contribution in [2.75, 3.05) is 13.2 Å². The molecule has 0 radical (unpaired) electrons. The summed E-state index contributed by atoms with van der Waals surface area (Å²) < 4.78 is 25.8. The summed E-state index contributed by atoms with van der Waals surface area (Å²) in [4.78, 5) is 9.68. The number of unbranched alkanes of at least 4 members (excludes halogenated alkanes) is 2. The van der Waals surface area contributed by atoms with Crippen molar-refractivity contribution in [1.29, 1.82) is 0 Å². The molecule has 1 aliphatic heterocycles. The van der Waals surface area contributed by atoms with Gasteiger partial charge < -0.3 is 4.52 Å². The molecular formula is C17H29O5P. The van der Waals surface area contributed by atoms with Gasteiger partial charge in [-0.2, -0.15) is 0 Å². The van der Waals surface area contributed by atoms with Gasteiger partial charge in [0, 0.05) is 0 Å². The van der Waals surface area contributed by atoms with E-state index in [0.29, 0.717) is 13.2 Å². The molecule has 1 heterocycles. The third-order valence-electron chi connectivity index (χ3n) is 6.23. The molecule has 23 heavy (non-hydrogen) atoms. The van der Waals surface area contributed by atoms with Gasteiger partial charge in [-0.3, -0.25) is 9.09 Å². The molecule has 5 aliphatic rings. The molecule has 0 N–H and O–H groups in total. The molecule has 0 spiro atoms. The Hall–Kier alpha value is 0.0700. The molecule has 0 aromatic carbocycles. The highest BCUT2D eigenvalue weighted by Crippen LogP contribution is 2.74. The Morgan fingerprint density at radius 3 is 2.17 bits per heavy atom. The summed E-state index contributed by atoms with van der Waals surface area (Å²) in [7, 11) is -3.19. The van der Waals surface area contributed by atoms with Gasteiger partial charge in [0.1, 0.15) is 6.61 Å². The Labute approximate surface area is 138 Å². The van der Waals surface area contributed by atoms with Crippen molar-refractivity contribution in [3.63, 3.8) is 0 Å². The second-order valence-electron chi connectivity index (χ2n) is 8.10. The van der Waals surface area contributed by atoms with Gasteiger partial charge in [-0.15, -0.1) is 0 Å². The van der Waals surface area contributed by atoms with Crippen molar-refractivity contribution in [2.24, 2.45) is 17.8 Å². The maximum Gasteiger partial charge on any atom is 0.339 e. The summed E-state index contributed by atoms with van der Waals surface area (Å²) in [5.74, 6) is 2.16. The quantitative estimate of drug-likeness (QED) is 0.364. The minimum atomic E-state index is -3.19. The third-order valence-corrected chi connectivity index (χ3v) is 8.98. The van der Waals surface area contributed by atoms with Crippen molar-refractivity contribution >= 4 is 7.60 Å². The molecule has 0 amide bonds. The summed E-state index contributed by atoms with van der Waals surface area (Å²) >= 11 is 0. The van der Waals surface area contributed by atoms with Crippen LogP contribution >= 0.6 is 7.60 Å². The van der Waals surface area contributed by atoms with E-state index in [1.54, 1.807) is 0 Å². The summed E-state index contributed by atoms with van der Waals surface area (Å²) in [6.07, 6.45) is 9.65. The van der Waals surface area contributed by atoms with Crippen LogP contribution in [0, 0.1) is 17.8 Å². The van der Waals surface area contributed by atoms with Crippen molar-refractivity contribution in [2.45, 2.75) is 76.2 Å². The predicted molar refractivity (Wildman–Crippen MR) is 85.9 cm³/mol. The predicted octanol–water partition coefficient (Wildman–Crippen LogP) is 4.66. The van der Waals surface area contributed by atoms with Gasteiger partial charge in [-0.1, -0.05) is 19.8 Å². The minimum absolute atomic E-state index is 0.257. The first-order valence-electron chi connectivity index (χ1n) is 9.34. The average Bonchev–Trinajstić information content (AvgIpc) is 2.46. The average molecular weight is 344 g/mol. The summed E-state index contributed by atoms with van der Waals surface area (Å²) in [5.41, 5.74) is 0. The van der Waals surface area contributed by atoms with Crippen LogP contribution in [0.25, 0.3) is 0 Å². The summed E-state index contributed by atoms with van der Waals surface area (Å²) in [5, 5.41) is -0.257. The Balaban J connectivity index is 1.52. The van der Waals surface area contributed by atoms with Crippen molar-refractivity contribution in [3.8, 4) is 0 Å². The molecule has 132 valence electrons. The number of hydrogen-bond acceptors (Lipinski definition) is 5. The normalized spacial score (nSPS) is 44.0. The Kier molecular flexibility index (Phi) is 4.61. The molecular weight excluding hydrogens is 315 g/mol. The highest BCUT2D eigenvalue weighted by Gasteiger charge is 2.62. The maximum atomic E-state index is 13.9. The van der Waals surface area contributed by atoms with Crippen LogP contribution in [-0.4, -0.2) is 24.7 Å². The van der Waals surface area contributed by atoms with Crippen LogP contribution in [-0.2, 0) is 23.4 Å². The van der Waals surface area contributed by atoms with E-state index in [4.69, 9.17) is 18.8 Å². The molecule has 4 aliphatic carbocycles. The lowest BCUT2D eigenvalue weighted by molar-refractivity contribution is -0.468. The maximum absolute atomic E-state index is 13.9. The summed E-state index contributed by atoms with van der Waals surface area (Å²) in [6, 6.07) is 0. The summed E-state index contributed by atoms with van der Waals surface area (Å²) in [6.45, 7) is 3.05. The first-order valence-corrected chi connectivity index (χ1v) is 10.9. The molecule has 2 atom stereocenters. The fraction of sp³-hybridized carbons (Fsp3) is 1.00. The standard InChI is InChI=1S/C17H29O5P/c1-2-3-4-5-20-23(18,22-16-12-19-21-16)17-9-13-6-14(10-17)8-15(7-13)11-17/h13-16H,2-12H2,1H3. The molecule has 5 fully saturated rings. The highest BCUT2D eigenvalue weighted by molar-refractivity contribution is 7.55. The molecule has 2 unspecified atom stereocenters. The van der Waals surface area contributed by atoms with E-state index in [1.807, 2.05) is 0 Å². The van der Waals surface area contributed by atoms with E-state index in [2.05, 4.69) is 6.92 Å². The van der Waals surface area contributed by atoms with E-state index in [-0.39, 0.29) is 5.16 Å². The molecule has 4 saturated carbocycles. The van der Waals surface area contributed by atoms with Gasteiger partial charge in [-0.25, -0.2) is 9.78 Å². The largest absolute Gasteiger partial charge is 0.339 e. The van der Waals surface area contributed by atoms with E-state index < -0.39 is 13.9 Å². The topological polar surface area (TPSA) is 54.0 Å². The van der Waals surface area contributed by atoms with Crippen LogP contribution in [0.2, 0.25) is 0 Å². The van der Waals surface area contributed by atoms with Crippen LogP contribution in [0.3, 0.4) is 0 Å². The van der Waals surface area contributed by atoms with Crippen molar-refractivity contribution < 1.29 is 23.4 Å². The van der Waals surface area contributed by atoms with Gasteiger partial charge in [0.2, 0.25) is 6.29 Å². The monoisotopic (exact) mass is 344 g/mol. The highest BCUT2D eigenvalue weighted by atomic mass is 31.2. The van der Waals surface area contributed by atoms with Crippen LogP contribution in [0.1, 0.15) is 64.7 Å². The van der Waals surface area contributed by atoms with Gasteiger partial charge >= 0.3 is 7.60 Å². The number of rotatable bonds is 8.